The Balaban J connectivity index is 2.18. The molecule has 0 bridgehead atoms. The van der Waals surface area contributed by atoms with Gasteiger partial charge in [0.2, 0.25) is 5.89 Å². The predicted octanol–water partition coefficient (Wildman–Crippen LogP) is 1.04. The third-order valence-electron chi connectivity index (χ3n) is 3.08. The molecule has 1 fully saturated rings. The minimum Gasteiger partial charge on any atom is -0.338 e. The van der Waals surface area contributed by atoms with Gasteiger partial charge in [0.25, 0.3) is 0 Å². The summed E-state index contributed by atoms with van der Waals surface area (Å²) in [5.41, 5.74) is 11.4. The lowest BCUT2D eigenvalue weighted by Crippen LogP contribution is -2.37. The van der Waals surface area contributed by atoms with E-state index in [0.717, 1.165) is 25.7 Å². The Morgan fingerprint density at radius 2 is 1.87 bits per heavy atom. The number of nitrogens with zero attached hydrogens (tertiary/aromatic N) is 2. The van der Waals surface area contributed by atoms with Gasteiger partial charge in [-0.25, -0.2) is 0 Å². The highest BCUT2D eigenvalue weighted by Crippen LogP contribution is 2.31. The molecule has 0 saturated heterocycles. The van der Waals surface area contributed by atoms with E-state index in [0.29, 0.717) is 11.7 Å². The Morgan fingerprint density at radius 3 is 2.40 bits per heavy atom. The Kier molecular flexibility index (Phi) is 3.02. The van der Waals surface area contributed by atoms with Crippen molar-refractivity contribution >= 4 is 0 Å². The highest BCUT2D eigenvalue weighted by Gasteiger charge is 2.33. The first kappa shape index (κ1) is 10.6. The van der Waals surface area contributed by atoms with Crippen LogP contribution in [-0.4, -0.2) is 10.1 Å². The average molecular weight is 210 g/mol. The van der Waals surface area contributed by atoms with Crippen LogP contribution in [0, 0.1) is 0 Å². The zero-order valence-electron chi connectivity index (χ0n) is 8.91. The van der Waals surface area contributed by atoms with E-state index in [9.17, 15) is 0 Å². The lowest BCUT2D eigenvalue weighted by Gasteiger charge is -2.23. The van der Waals surface area contributed by atoms with Crippen molar-refractivity contribution in [3.05, 3.63) is 11.7 Å². The standard InChI is InChI=1S/C10H18N4O/c11-7-8-13-9(14-15-8)10(12)5-3-1-2-4-6-10/h1-7,11-12H2. The van der Waals surface area contributed by atoms with Gasteiger partial charge in [-0.1, -0.05) is 30.8 Å². The van der Waals surface area contributed by atoms with Crippen molar-refractivity contribution in [1.82, 2.24) is 10.1 Å². The van der Waals surface area contributed by atoms with Crippen molar-refractivity contribution in [2.24, 2.45) is 11.5 Å². The van der Waals surface area contributed by atoms with Crippen LogP contribution in [0.3, 0.4) is 0 Å². The van der Waals surface area contributed by atoms with Crippen molar-refractivity contribution < 1.29 is 4.52 Å². The molecule has 1 aliphatic rings. The second kappa shape index (κ2) is 4.28. The molecule has 0 radical (unpaired) electrons. The fourth-order valence-corrected chi connectivity index (χ4v) is 2.12. The monoisotopic (exact) mass is 210 g/mol. The van der Waals surface area contributed by atoms with Crippen LogP contribution < -0.4 is 11.5 Å². The molecule has 5 nitrogen and oxygen atoms in total. The van der Waals surface area contributed by atoms with E-state index >= 15 is 0 Å². The van der Waals surface area contributed by atoms with E-state index in [4.69, 9.17) is 16.0 Å². The number of rotatable bonds is 2. The SMILES string of the molecule is NCc1nc(C2(N)CCCCCC2)no1. The third kappa shape index (κ3) is 2.18. The molecule has 1 aromatic rings. The molecular formula is C10H18N4O. The molecule has 0 amide bonds. The first-order valence-corrected chi connectivity index (χ1v) is 5.57. The minimum atomic E-state index is -0.395. The van der Waals surface area contributed by atoms with Crippen molar-refractivity contribution in [3.63, 3.8) is 0 Å². The third-order valence-corrected chi connectivity index (χ3v) is 3.08. The van der Waals surface area contributed by atoms with Gasteiger partial charge in [-0.05, 0) is 12.8 Å². The Bertz CT molecular complexity index is 315. The van der Waals surface area contributed by atoms with E-state index in [2.05, 4.69) is 10.1 Å². The molecule has 0 aromatic carbocycles. The molecule has 84 valence electrons. The summed E-state index contributed by atoms with van der Waals surface area (Å²) in [5, 5.41) is 3.93. The summed E-state index contributed by atoms with van der Waals surface area (Å²) in [6.45, 7) is 0.281. The zero-order chi connectivity index (χ0) is 10.7. The molecule has 1 heterocycles. The fraction of sp³-hybridized carbons (Fsp3) is 0.800. The van der Waals surface area contributed by atoms with Crippen molar-refractivity contribution in [1.29, 1.82) is 0 Å². The zero-order valence-corrected chi connectivity index (χ0v) is 8.91. The predicted molar refractivity (Wildman–Crippen MR) is 55.8 cm³/mol. The highest BCUT2D eigenvalue weighted by atomic mass is 16.5. The van der Waals surface area contributed by atoms with Crippen molar-refractivity contribution in [2.45, 2.75) is 50.6 Å². The molecule has 0 spiro atoms. The maximum atomic E-state index is 6.32. The maximum Gasteiger partial charge on any atom is 0.240 e. The van der Waals surface area contributed by atoms with Crippen LogP contribution in [0.4, 0.5) is 0 Å². The van der Waals surface area contributed by atoms with Crippen molar-refractivity contribution in [2.75, 3.05) is 0 Å². The molecule has 4 N–H and O–H groups in total. The summed E-state index contributed by atoms with van der Waals surface area (Å²) in [4.78, 5) is 4.24. The van der Waals surface area contributed by atoms with Gasteiger partial charge in [-0.15, -0.1) is 0 Å². The number of aromatic nitrogens is 2. The molecule has 1 saturated carbocycles. The van der Waals surface area contributed by atoms with Crippen LogP contribution >= 0.6 is 0 Å². The largest absolute Gasteiger partial charge is 0.338 e. The molecule has 0 unspecified atom stereocenters. The minimum absolute atomic E-state index is 0.281. The van der Waals surface area contributed by atoms with Crippen LogP contribution in [0.2, 0.25) is 0 Å². The van der Waals surface area contributed by atoms with Gasteiger partial charge in [0.1, 0.15) is 0 Å². The maximum absolute atomic E-state index is 6.32. The molecule has 15 heavy (non-hydrogen) atoms. The summed E-state index contributed by atoms with van der Waals surface area (Å²) < 4.78 is 5.01. The van der Waals surface area contributed by atoms with E-state index in [1.807, 2.05) is 0 Å². The van der Waals surface area contributed by atoms with E-state index < -0.39 is 5.54 Å². The van der Waals surface area contributed by atoms with Gasteiger partial charge in [0.05, 0.1) is 12.1 Å². The quantitative estimate of drug-likeness (QED) is 0.711. The second-order valence-corrected chi connectivity index (χ2v) is 4.29. The van der Waals surface area contributed by atoms with Crippen molar-refractivity contribution in [3.8, 4) is 0 Å². The highest BCUT2D eigenvalue weighted by molar-refractivity contribution is 5.04. The Labute approximate surface area is 89.2 Å². The number of nitrogens with two attached hydrogens (primary N) is 2. The van der Waals surface area contributed by atoms with Gasteiger partial charge in [-0.2, -0.15) is 4.98 Å². The molecule has 0 aliphatic heterocycles. The van der Waals surface area contributed by atoms with E-state index in [1.54, 1.807) is 0 Å². The molecule has 0 atom stereocenters. The summed E-state index contributed by atoms with van der Waals surface area (Å²) in [5.74, 6) is 1.10. The topological polar surface area (TPSA) is 91.0 Å². The molecule has 1 aromatic heterocycles. The van der Waals surface area contributed by atoms with E-state index in [-0.39, 0.29) is 6.54 Å². The van der Waals surface area contributed by atoms with Gasteiger partial charge >= 0.3 is 0 Å². The smallest absolute Gasteiger partial charge is 0.240 e. The summed E-state index contributed by atoms with van der Waals surface area (Å²) >= 11 is 0. The molecular weight excluding hydrogens is 192 g/mol. The van der Waals surface area contributed by atoms with Crippen LogP contribution in [0.15, 0.2) is 4.52 Å². The lowest BCUT2D eigenvalue weighted by atomic mass is 9.91. The fourth-order valence-electron chi connectivity index (χ4n) is 2.12. The first-order valence-electron chi connectivity index (χ1n) is 5.57. The van der Waals surface area contributed by atoms with Crippen LogP contribution in [0.25, 0.3) is 0 Å². The van der Waals surface area contributed by atoms with Gasteiger partial charge in [0.15, 0.2) is 5.82 Å². The number of hydrogen-bond donors (Lipinski definition) is 2. The molecule has 1 aliphatic carbocycles. The van der Waals surface area contributed by atoms with Crippen LogP contribution in [0.1, 0.15) is 50.2 Å². The Morgan fingerprint density at radius 1 is 1.20 bits per heavy atom. The first-order chi connectivity index (χ1) is 7.24. The second-order valence-electron chi connectivity index (χ2n) is 4.29. The lowest BCUT2D eigenvalue weighted by molar-refractivity contribution is 0.325. The van der Waals surface area contributed by atoms with Gasteiger partial charge < -0.3 is 16.0 Å². The van der Waals surface area contributed by atoms with Gasteiger partial charge in [-0.3, -0.25) is 0 Å². The molecule has 2 rings (SSSR count). The van der Waals surface area contributed by atoms with Crippen LogP contribution in [-0.2, 0) is 12.1 Å². The van der Waals surface area contributed by atoms with Crippen LogP contribution in [0.5, 0.6) is 0 Å². The summed E-state index contributed by atoms with van der Waals surface area (Å²) in [6.07, 6.45) is 6.67. The Hall–Kier alpha value is -0.940. The summed E-state index contributed by atoms with van der Waals surface area (Å²) in [7, 11) is 0. The normalized spacial score (nSPS) is 21.2. The average Bonchev–Trinajstić information content (AvgIpc) is 2.63. The number of hydrogen-bond acceptors (Lipinski definition) is 5. The molecule has 5 heteroatoms. The summed E-state index contributed by atoms with van der Waals surface area (Å²) in [6, 6.07) is 0. The van der Waals surface area contributed by atoms with Gasteiger partial charge in [0, 0.05) is 0 Å². The van der Waals surface area contributed by atoms with E-state index in [1.165, 1.54) is 12.8 Å².